The molecule has 0 saturated heterocycles. The largest absolute Gasteiger partial charge is 0.507 e. The second-order valence-electron chi connectivity index (χ2n) is 4.25. The van der Waals surface area contributed by atoms with Crippen molar-refractivity contribution >= 4 is 5.97 Å². The van der Waals surface area contributed by atoms with Gasteiger partial charge in [0.25, 0.3) is 0 Å². The number of phenolic OH excluding ortho intramolecular Hbond substituents is 1. The van der Waals surface area contributed by atoms with Crippen LogP contribution in [0.3, 0.4) is 0 Å². The Balaban J connectivity index is 1.94. The lowest BCUT2D eigenvalue weighted by molar-refractivity contribution is 0.0597. The fraction of sp³-hybridized carbons (Fsp3) is 0.188. The molecule has 0 atom stereocenters. The third kappa shape index (κ3) is 3.51. The molecule has 0 radical (unpaired) electrons. The summed E-state index contributed by atoms with van der Waals surface area (Å²) in [5, 5.41) is 9.73. The molecule has 2 rings (SSSR count). The monoisotopic (exact) mass is 272 g/mol. The summed E-state index contributed by atoms with van der Waals surface area (Å²) < 4.78 is 10.1. The fourth-order valence-corrected chi connectivity index (χ4v) is 1.82. The van der Waals surface area contributed by atoms with E-state index < -0.39 is 5.97 Å². The number of rotatable bonds is 5. The molecule has 0 aliphatic rings. The van der Waals surface area contributed by atoms with Crippen LogP contribution in [0.15, 0.2) is 48.5 Å². The Labute approximate surface area is 117 Å². The van der Waals surface area contributed by atoms with Crippen LogP contribution in [0.25, 0.3) is 0 Å². The maximum absolute atomic E-state index is 11.3. The SMILES string of the molecule is COC(=O)c1ccc(OCCc2ccccc2)cc1O. The number of carbonyl (C=O) groups is 1. The number of hydrogen-bond acceptors (Lipinski definition) is 4. The molecule has 0 unspecified atom stereocenters. The Kier molecular flexibility index (Phi) is 4.60. The van der Waals surface area contributed by atoms with E-state index >= 15 is 0 Å². The van der Waals surface area contributed by atoms with Crippen molar-refractivity contribution in [3.05, 3.63) is 59.7 Å². The van der Waals surface area contributed by atoms with Crippen LogP contribution in [0.4, 0.5) is 0 Å². The lowest BCUT2D eigenvalue weighted by Gasteiger charge is -2.08. The smallest absolute Gasteiger partial charge is 0.341 e. The molecule has 0 bridgehead atoms. The first-order chi connectivity index (χ1) is 9.70. The zero-order valence-corrected chi connectivity index (χ0v) is 11.2. The lowest BCUT2D eigenvalue weighted by Crippen LogP contribution is -2.03. The highest BCUT2D eigenvalue weighted by Gasteiger charge is 2.11. The average molecular weight is 272 g/mol. The molecular weight excluding hydrogens is 256 g/mol. The Morgan fingerprint density at radius 1 is 1.15 bits per heavy atom. The van der Waals surface area contributed by atoms with E-state index in [9.17, 15) is 9.90 Å². The van der Waals surface area contributed by atoms with E-state index in [0.29, 0.717) is 12.4 Å². The summed E-state index contributed by atoms with van der Waals surface area (Å²) >= 11 is 0. The molecule has 2 aromatic carbocycles. The van der Waals surface area contributed by atoms with Gasteiger partial charge in [-0.3, -0.25) is 0 Å². The summed E-state index contributed by atoms with van der Waals surface area (Å²) in [4.78, 5) is 11.3. The second-order valence-corrected chi connectivity index (χ2v) is 4.25. The third-order valence-corrected chi connectivity index (χ3v) is 2.88. The number of aromatic hydroxyl groups is 1. The van der Waals surface area contributed by atoms with Crippen molar-refractivity contribution in [3.63, 3.8) is 0 Å². The van der Waals surface area contributed by atoms with Crippen LogP contribution in [0.2, 0.25) is 0 Å². The Morgan fingerprint density at radius 2 is 1.90 bits per heavy atom. The predicted molar refractivity (Wildman–Crippen MR) is 75.1 cm³/mol. The molecule has 0 spiro atoms. The molecule has 104 valence electrons. The molecule has 0 fully saturated rings. The van der Waals surface area contributed by atoms with Crippen molar-refractivity contribution in [1.29, 1.82) is 0 Å². The molecule has 0 saturated carbocycles. The van der Waals surface area contributed by atoms with E-state index in [1.807, 2.05) is 30.3 Å². The molecule has 4 heteroatoms. The summed E-state index contributed by atoms with van der Waals surface area (Å²) in [5.74, 6) is -0.196. The van der Waals surface area contributed by atoms with Crippen LogP contribution in [0.5, 0.6) is 11.5 Å². The average Bonchev–Trinajstić information content (AvgIpc) is 2.48. The zero-order valence-electron chi connectivity index (χ0n) is 11.2. The number of carbonyl (C=O) groups excluding carboxylic acids is 1. The van der Waals surface area contributed by atoms with Crippen LogP contribution in [0.1, 0.15) is 15.9 Å². The topological polar surface area (TPSA) is 55.8 Å². The van der Waals surface area contributed by atoms with Gasteiger partial charge in [0.05, 0.1) is 13.7 Å². The van der Waals surface area contributed by atoms with Gasteiger partial charge >= 0.3 is 5.97 Å². The van der Waals surface area contributed by atoms with Gasteiger partial charge in [0.1, 0.15) is 17.1 Å². The number of hydrogen-bond donors (Lipinski definition) is 1. The van der Waals surface area contributed by atoms with Gasteiger partial charge in [-0.05, 0) is 17.7 Å². The van der Waals surface area contributed by atoms with Crippen LogP contribution in [-0.2, 0) is 11.2 Å². The van der Waals surface area contributed by atoms with Gasteiger partial charge in [-0.25, -0.2) is 4.79 Å². The van der Waals surface area contributed by atoms with Crippen LogP contribution in [-0.4, -0.2) is 24.8 Å². The second kappa shape index (κ2) is 6.61. The summed E-state index contributed by atoms with van der Waals surface area (Å²) in [6, 6.07) is 14.5. The van der Waals surface area contributed by atoms with E-state index in [-0.39, 0.29) is 11.3 Å². The summed E-state index contributed by atoms with van der Waals surface area (Å²) in [6.07, 6.45) is 0.778. The van der Waals surface area contributed by atoms with Gasteiger partial charge < -0.3 is 14.6 Å². The number of ether oxygens (including phenoxy) is 2. The maximum Gasteiger partial charge on any atom is 0.341 e. The summed E-state index contributed by atoms with van der Waals surface area (Å²) in [5.41, 5.74) is 1.31. The minimum atomic E-state index is -0.571. The molecule has 4 nitrogen and oxygen atoms in total. The van der Waals surface area contributed by atoms with Gasteiger partial charge in [-0.1, -0.05) is 30.3 Å². The molecule has 0 aliphatic carbocycles. The first-order valence-corrected chi connectivity index (χ1v) is 6.29. The van der Waals surface area contributed by atoms with E-state index in [2.05, 4.69) is 4.74 Å². The zero-order chi connectivity index (χ0) is 14.4. The van der Waals surface area contributed by atoms with Crippen LogP contribution >= 0.6 is 0 Å². The highest BCUT2D eigenvalue weighted by molar-refractivity contribution is 5.92. The Morgan fingerprint density at radius 3 is 2.55 bits per heavy atom. The van der Waals surface area contributed by atoms with Gasteiger partial charge in [-0.2, -0.15) is 0 Å². The highest BCUT2D eigenvalue weighted by atomic mass is 16.5. The minimum absolute atomic E-state index is 0.128. The number of phenols is 1. The van der Waals surface area contributed by atoms with Gasteiger partial charge in [0.2, 0.25) is 0 Å². The van der Waals surface area contributed by atoms with Gasteiger partial charge in [0.15, 0.2) is 0 Å². The highest BCUT2D eigenvalue weighted by Crippen LogP contribution is 2.24. The van der Waals surface area contributed by atoms with Gasteiger partial charge in [-0.15, -0.1) is 0 Å². The van der Waals surface area contributed by atoms with Crippen LogP contribution < -0.4 is 4.74 Å². The number of benzene rings is 2. The molecule has 0 aromatic heterocycles. The molecule has 2 aromatic rings. The standard InChI is InChI=1S/C16H16O4/c1-19-16(18)14-8-7-13(11-15(14)17)20-10-9-12-5-3-2-4-6-12/h2-8,11,17H,9-10H2,1H3. The summed E-state index contributed by atoms with van der Waals surface area (Å²) in [6.45, 7) is 0.501. The predicted octanol–water partition coefficient (Wildman–Crippen LogP) is 2.80. The molecule has 0 heterocycles. The molecule has 20 heavy (non-hydrogen) atoms. The summed E-state index contributed by atoms with van der Waals surface area (Å²) in [7, 11) is 1.27. The first-order valence-electron chi connectivity index (χ1n) is 6.29. The molecule has 0 aliphatic heterocycles. The Bertz CT molecular complexity index is 578. The van der Waals surface area contributed by atoms with E-state index in [1.165, 1.54) is 24.8 Å². The van der Waals surface area contributed by atoms with Crippen molar-refractivity contribution < 1.29 is 19.4 Å². The van der Waals surface area contributed by atoms with E-state index in [0.717, 1.165) is 6.42 Å². The Hall–Kier alpha value is -2.49. The molecule has 0 amide bonds. The van der Waals surface area contributed by atoms with Crippen molar-refractivity contribution in [1.82, 2.24) is 0 Å². The van der Waals surface area contributed by atoms with Crippen LogP contribution in [0, 0.1) is 0 Å². The van der Waals surface area contributed by atoms with E-state index in [1.54, 1.807) is 6.07 Å². The normalized spacial score (nSPS) is 10.1. The van der Waals surface area contributed by atoms with Crippen molar-refractivity contribution in [2.75, 3.05) is 13.7 Å². The van der Waals surface area contributed by atoms with Gasteiger partial charge in [0, 0.05) is 12.5 Å². The number of methoxy groups -OCH3 is 1. The lowest BCUT2D eigenvalue weighted by atomic mass is 10.1. The molecular formula is C16H16O4. The first kappa shape index (κ1) is 13.9. The van der Waals surface area contributed by atoms with Crippen molar-refractivity contribution in [2.24, 2.45) is 0 Å². The number of esters is 1. The third-order valence-electron chi connectivity index (χ3n) is 2.88. The quantitative estimate of drug-likeness (QED) is 0.850. The molecule has 1 N–H and O–H groups in total. The van der Waals surface area contributed by atoms with Crippen molar-refractivity contribution in [2.45, 2.75) is 6.42 Å². The minimum Gasteiger partial charge on any atom is -0.507 e. The fourth-order valence-electron chi connectivity index (χ4n) is 1.82. The van der Waals surface area contributed by atoms with E-state index in [4.69, 9.17) is 4.74 Å². The maximum atomic E-state index is 11.3. The van der Waals surface area contributed by atoms with Crippen molar-refractivity contribution in [3.8, 4) is 11.5 Å².